The Kier molecular flexibility index (Phi) is 5.88. The molecule has 0 saturated carbocycles. The van der Waals surface area contributed by atoms with Crippen molar-refractivity contribution in [2.24, 2.45) is 0 Å². The first-order valence-corrected chi connectivity index (χ1v) is 9.87. The lowest BCUT2D eigenvalue weighted by Gasteiger charge is -2.28. The van der Waals surface area contributed by atoms with Gasteiger partial charge in [0.2, 0.25) is 10.0 Å². The highest BCUT2D eigenvalue weighted by atomic mass is 32.2. The van der Waals surface area contributed by atoms with Gasteiger partial charge in [-0.05, 0) is 36.9 Å². The van der Waals surface area contributed by atoms with Gasteiger partial charge in [-0.2, -0.15) is 0 Å². The minimum Gasteiger partial charge on any atom is -0.468 e. The second-order valence-electron chi connectivity index (χ2n) is 6.09. The van der Waals surface area contributed by atoms with Crippen molar-refractivity contribution in [1.29, 1.82) is 0 Å². The van der Waals surface area contributed by atoms with Crippen LogP contribution in [0.4, 0.5) is 0 Å². The van der Waals surface area contributed by atoms with Crippen molar-refractivity contribution in [3.05, 3.63) is 90.4 Å². The summed E-state index contributed by atoms with van der Waals surface area (Å²) in [6.45, 7) is 0.845. The van der Waals surface area contributed by atoms with E-state index in [4.69, 9.17) is 4.42 Å². The second-order valence-corrected chi connectivity index (χ2v) is 7.85. The molecular formula is C20H22N2O3S. The number of likely N-dealkylation sites (N-methyl/N-ethyl adjacent to an activating group) is 1. The fourth-order valence-corrected chi connectivity index (χ4v) is 3.89. The zero-order valence-corrected chi connectivity index (χ0v) is 15.4. The second kappa shape index (κ2) is 8.31. The Morgan fingerprint density at radius 2 is 1.62 bits per heavy atom. The van der Waals surface area contributed by atoms with Gasteiger partial charge in [0.1, 0.15) is 5.76 Å². The summed E-state index contributed by atoms with van der Waals surface area (Å²) >= 11 is 0. The highest BCUT2D eigenvalue weighted by Crippen LogP contribution is 2.21. The van der Waals surface area contributed by atoms with Crippen LogP contribution in [0.15, 0.2) is 88.4 Å². The van der Waals surface area contributed by atoms with E-state index in [-0.39, 0.29) is 17.5 Å². The first-order chi connectivity index (χ1) is 12.6. The van der Waals surface area contributed by atoms with Crippen LogP contribution in [0.1, 0.15) is 17.4 Å². The number of nitrogens with one attached hydrogen (secondary N) is 1. The van der Waals surface area contributed by atoms with Crippen LogP contribution in [-0.4, -0.2) is 26.9 Å². The van der Waals surface area contributed by atoms with E-state index in [1.165, 1.54) is 0 Å². The molecule has 0 saturated heterocycles. The van der Waals surface area contributed by atoms with Gasteiger partial charge in [0.05, 0.1) is 17.7 Å². The molecular weight excluding hydrogens is 348 g/mol. The first-order valence-electron chi connectivity index (χ1n) is 8.38. The van der Waals surface area contributed by atoms with Gasteiger partial charge >= 0.3 is 0 Å². The summed E-state index contributed by atoms with van der Waals surface area (Å²) in [5, 5.41) is 0. The average molecular weight is 370 g/mol. The Morgan fingerprint density at radius 1 is 0.962 bits per heavy atom. The normalized spacial score (nSPS) is 13.0. The molecule has 1 aromatic heterocycles. The van der Waals surface area contributed by atoms with Gasteiger partial charge in [-0.1, -0.05) is 48.5 Å². The van der Waals surface area contributed by atoms with Crippen molar-refractivity contribution in [3.63, 3.8) is 0 Å². The van der Waals surface area contributed by atoms with Crippen LogP contribution in [0.25, 0.3) is 0 Å². The summed E-state index contributed by atoms with van der Waals surface area (Å²) in [6.07, 6.45) is 1.64. The lowest BCUT2D eigenvalue weighted by Crippen LogP contribution is -2.36. The maximum atomic E-state index is 12.6. The molecule has 0 amide bonds. The number of sulfonamides is 1. The molecule has 0 aliphatic rings. The van der Waals surface area contributed by atoms with Gasteiger partial charge in [-0.3, -0.25) is 4.90 Å². The van der Waals surface area contributed by atoms with E-state index in [9.17, 15) is 8.42 Å². The van der Waals surface area contributed by atoms with Crippen LogP contribution in [0.3, 0.4) is 0 Å². The quantitative estimate of drug-likeness (QED) is 0.660. The lowest BCUT2D eigenvalue weighted by atomic mass is 10.1. The van der Waals surface area contributed by atoms with Crippen molar-refractivity contribution < 1.29 is 12.8 Å². The molecule has 0 aliphatic heterocycles. The van der Waals surface area contributed by atoms with Crippen LogP contribution in [-0.2, 0) is 16.6 Å². The zero-order valence-electron chi connectivity index (χ0n) is 14.6. The van der Waals surface area contributed by atoms with Crippen LogP contribution < -0.4 is 4.72 Å². The molecule has 0 radical (unpaired) electrons. The molecule has 1 N–H and O–H groups in total. The molecule has 3 rings (SSSR count). The number of nitrogens with zero attached hydrogens (tertiary/aromatic N) is 1. The fourth-order valence-electron chi connectivity index (χ4n) is 2.83. The van der Waals surface area contributed by atoms with Gasteiger partial charge in [0.15, 0.2) is 0 Å². The van der Waals surface area contributed by atoms with Crippen molar-refractivity contribution in [3.8, 4) is 0 Å². The van der Waals surface area contributed by atoms with Crippen molar-refractivity contribution in [2.75, 3.05) is 13.6 Å². The molecule has 136 valence electrons. The minimum atomic E-state index is -3.56. The fraction of sp³-hybridized carbons (Fsp3) is 0.200. The lowest BCUT2D eigenvalue weighted by molar-refractivity contribution is 0.219. The largest absolute Gasteiger partial charge is 0.468 e. The Bertz CT molecular complexity index is 895. The molecule has 0 aliphatic carbocycles. The number of furan rings is 1. The van der Waals surface area contributed by atoms with E-state index in [2.05, 4.69) is 9.62 Å². The molecule has 26 heavy (non-hydrogen) atoms. The van der Waals surface area contributed by atoms with Gasteiger partial charge in [-0.25, -0.2) is 13.1 Å². The molecule has 1 atom stereocenters. The molecule has 5 nitrogen and oxygen atoms in total. The predicted octanol–water partition coefficient (Wildman–Crippen LogP) is 3.43. The van der Waals surface area contributed by atoms with Crippen molar-refractivity contribution >= 4 is 10.0 Å². The highest BCUT2D eigenvalue weighted by molar-refractivity contribution is 7.89. The Hall–Kier alpha value is -2.41. The molecule has 1 heterocycles. The van der Waals surface area contributed by atoms with E-state index in [1.807, 2.05) is 49.5 Å². The molecule has 0 bridgehead atoms. The Morgan fingerprint density at radius 3 is 2.23 bits per heavy atom. The van der Waals surface area contributed by atoms with Crippen LogP contribution in [0.2, 0.25) is 0 Å². The summed E-state index contributed by atoms with van der Waals surface area (Å²) in [5.74, 6) is 0.833. The summed E-state index contributed by atoms with van der Waals surface area (Å²) in [6, 6.07) is 21.9. The van der Waals surface area contributed by atoms with Gasteiger partial charge < -0.3 is 4.42 Å². The van der Waals surface area contributed by atoms with E-state index >= 15 is 0 Å². The molecule has 0 unspecified atom stereocenters. The molecule has 6 heteroatoms. The molecule has 2 aromatic carbocycles. The predicted molar refractivity (Wildman–Crippen MR) is 101 cm³/mol. The standard InChI is InChI=1S/C20H22N2O3S/c1-22(16-18-11-8-14-25-18)20(17-9-4-2-5-10-17)15-21-26(23,24)19-12-6-3-7-13-19/h2-14,20-21H,15-16H2,1H3/t20-/m0/s1. The minimum absolute atomic E-state index is 0.125. The van der Waals surface area contributed by atoms with Gasteiger partial charge in [0, 0.05) is 12.6 Å². The third kappa shape index (κ3) is 4.60. The van der Waals surface area contributed by atoms with Crippen LogP contribution >= 0.6 is 0 Å². The monoisotopic (exact) mass is 370 g/mol. The molecule has 0 spiro atoms. The zero-order chi connectivity index (χ0) is 18.4. The SMILES string of the molecule is CN(Cc1ccco1)[C@@H](CNS(=O)(=O)c1ccccc1)c1ccccc1. The van der Waals surface area contributed by atoms with E-state index in [0.29, 0.717) is 6.54 Å². The summed E-state index contributed by atoms with van der Waals surface area (Å²) < 4.78 is 33.3. The summed E-state index contributed by atoms with van der Waals surface area (Å²) in [5.41, 5.74) is 1.04. The maximum Gasteiger partial charge on any atom is 0.240 e. The van der Waals surface area contributed by atoms with E-state index in [1.54, 1.807) is 36.6 Å². The van der Waals surface area contributed by atoms with Crippen LogP contribution in [0, 0.1) is 0 Å². The van der Waals surface area contributed by atoms with Crippen molar-refractivity contribution in [2.45, 2.75) is 17.5 Å². The number of benzene rings is 2. The maximum absolute atomic E-state index is 12.6. The first kappa shape index (κ1) is 18.4. The summed E-state index contributed by atoms with van der Waals surface area (Å²) in [4.78, 5) is 2.34. The third-order valence-corrected chi connectivity index (χ3v) is 5.66. The Labute approximate surface area is 154 Å². The average Bonchev–Trinajstić information content (AvgIpc) is 3.16. The smallest absolute Gasteiger partial charge is 0.240 e. The van der Waals surface area contributed by atoms with Crippen molar-refractivity contribution in [1.82, 2.24) is 9.62 Å². The van der Waals surface area contributed by atoms with E-state index < -0.39 is 10.0 Å². The Balaban J connectivity index is 1.78. The van der Waals surface area contributed by atoms with E-state index in [0.717, 1.165) is 11.3 Å². The third-order valence-electron chi connectivity index (χ3n) is 4.22. The molecule has 3 aromatic rings. The van der Waals surface area contributed by atoms with Crippen LogP contribution in [0.5, 0.6) is 0 Å². The topological polar surface area (TPSA) is 62.6 Å². The highest BCUT2D eigenvalue weighted by Gasteiger charge is 2.21. The molecule has 0 fully saturated rings. The number of rotatable bonds is 8. The number of hydrogen-bond donors (Lipinski definition) is 1. The van der Waals surface area contributed by atoms with Gasteiger partial charge in [-0.15, -0.1) is 0 Å². The van der Waals surface area contributed by atoms with Gasteiger partial charge in [0.25, 0.3) is 0 Å². The number of hydrogen-bond acceptors (Lipinski definition) is 4. The summed E-state index contributed by atoms with van der Waals surface area (Å²) in [7, 11) is -1.60.